The molecule has 4 aromatic rings. The maximum absolute atomic E-state index is 12.3. The van der Waals surface area contributed by atoms with Gasteiger partial charge in [0, 0.05) is 75.6 Å². The van der Waals surface area contributed by atoms with Gasteiger partial charge in [-0.3, -0.25) is 37.9 Å². The molecule has 0 spiro atoms. The summed E-state index contributed by atoms with van der Waals surface area (Å²) in [6.07, 6.45) is -1.41. The number of likely N-dealkylation sites (N-methyl/N-ethyl adjacent to an activating group) is 2. The van der Waals surface area contributed by atoms with E-state index in [1.807, 2.05) is 0 Å². The maximum atomic E-state index is 12.3. The Morgan fingerprint density at radius 3 is 1.31 bits per heavy atom. The number of anilines is 8. The van der Waals surface area contributed by atoms with Gasteiger partial charge in [0.15, 0.2) is 0 Å². The fraction of sp³-hybridized carbons (Fsp3) is 0.350. The summed E-state index contributed by atoms with van der Waals surface area (Å²) < 4.78 is 3.25. The van der Waals surface area contributed by atoms with Crippen LogP contribution in [0.3, 0.4) is 0 Å². The molecule has 352 valence electrons. The smallest absolute Gasteiger partial charge is 0.548 e. The van der Waals surface area contributed by atoms with Crippen LogP contribution in [0.2, 0.25) is 0 Å². The molecule has 26 nitrogen and oxygen atoms in total. The van der Waals surface area contributed by atoms with Gasteiger partial charge in [-0.15, -0.1) is 0 Å². The van der Waals surface area contributed by atoms with E-state index < -0.39 is 71.7 Å². The van der Waals surface area contributed by atoms with Crippen LogP contribution in [0.4, 0.5) is 46.3 Å². The number of amides is 2. The molecular formula is C40H48CaN14O12. The summed E-state index contributed by atoms with van der Waals surface area (Å²) in [6, 6.07) is 9.53. The van der Waals surface area contributed by atoms with E-state index in [-0.39, 0.29) is 86.9 Å². The summed E-state index contributed by atoms with van der Waals surface area (Å²) in [6.45, 7) is 2.95. The number of carboxylic acids is 4. The van der Waals surface area contributed by atoms with E-state index in [2.05, 4.69) is 41.9 Å². The van der Waals surface area contributed by atoms with E-state index in [9.17, 15) is 48.6 Å². The molecule has 0 aliphatic carbocycles. The second-order valence-electron chi connectivity index (χ2n) is 14.9. The van der Waals surface area contributed by atoms with Crippen LogP contribution in [-0.4, -0.2) is 155 Å². The SMILES string of the molecule is CN1CCNc2c1c(=O)nc(N)n2CNc1ccc(C(=O)N[C@@H](CCC(=O)O)C(=O)[O-])cc1.CN1CCNc2c1c(=O)nc(N)n2CNc1ccc(C(=O)N[C@@H](CCC(=O)O)C(=O)[O-])cc1.[Ca+2]. The molecule has 2 aromatic carbocycles. The summed E-state index contributed by atoms with van der Waals surface area (Å²) in [5.41, 5.74) is 13.5. The van der Waals surface area contributed by atoms with Crippen molar-refractivity contribution in [1.29, 1.82) is 0 Å². The summed E-state index contributed by atoms with van der Waals surface area (Å²) in [4.78, 5) is 104. The molecule has 2 aliphatic heterocycles. The first-order chi connectivity index (χ1) is 31.3. The number of aromatic nitrogens is 4. The Labute approximate surface area is 410 Å². The summed E-state index contributed by atoms with van der Waals surface area (Å²) >= 11 is 0. The van der Waals surface area contributed by atoms with Gasteiger partial charge in [0.1, 0.15) is 23.0 Å². The van der Waals surface area contributed by atoms with Gasteiger partial charge < -0.3 is 83.2 Å². The molecule has 27 heteroatoms. The Kier molecular flexibility index (Phi) is 18.5. The largest absolute Gasteiger partial charge is 2.00 e. The minimum Gasteiger partial charge on any atom is -0.548 e. The third-order valence-electron chi connectivity index (χ3n) is 10.3. The minimum atomic E-state index is -1.56. The number of rotatable bonds is 18. The fourth-order valence-corrected chi connectivity index (χ4v) is 6.73. The zero-order valence-electron chi connectivity index (χ0n) is 36.4. The number of carbonyl (C=O) groups excluding carboxylic acids is 4. The first-order valence-corrected chi connectivity index (χ1v) is 20.2. The molecule has 6 rings (SSSR count). The molecular weight excluding hydrogens is 909 g/mol. The first-order valence-electron chi connectivity index (χ1n) is 20.2. The number of nitrogens with one attached hydrogen (secondary N) is 6. The molecule has 0 bridgehead atoms. The first kappa shape index (κ1) is 52.3. The second-order valence-corrected chi connectivity index (χ2v) is 14.9. The Balaban J connectivity index is 0.000000288. The van der Waals surface area contributed by atoms with Crippen molar-refractivity contribution in [3.63, 3.8) is 0 Å². The predicted octanol–water partition coefficient (Wildman–Crippen LogP) is -3.44. The number of hydrogen-bond donors (Lipinski definition) is 10. The van der Waals surface area contributed by atoms with Crippen molar-refractivity contribution >= 4 is 120 Å². The number of carboxylic acid groups (broad SMARTS) is 4. The van der Waals surface area contributed by atoms with Crippen LogP contribution < -0.4 is 74.5 Å². The van der Waals surface area contributed by atoms with Gasteiger partial charge in [0.05, 0.1) is 37.4 Å². The Morgan fingerprint density at radius 1 is 0.657 bits per heavy atom. The van der Waals surface area contributed by atoms with Crippen LogP contribution in [0.1, 0.15) is 46.4 Å². The van der Waals surface area contributed by atoms with Crippen molar-refractivity contribution in [2.75, 3.05) is 82.8 Å². The zero-order chi connectivity index (χ0) is 48.2. The van der Waals surface area contributed by atoms with E-state index in [4.69, 9.17) is 21.7 Å². The third-order valence-corrected chi connectivity index (χ3v) is 10.3. The number of nitrogens with zero attached hydrogens (tertiary/aromatic N) is 6. The van der Waals surface area contributed by atoms with Gasteiger partial charge in [0.2, 0.25) is 11.9 Å². The summed E-state index contributed by atoms with van der Waals surface area (Å²) in [7, 11) is 3.60. The van der Waals surface area contributed by atoms with Gasteiger partial charge in [0.25, 0.3) is 22.9 Å². The normalized spacial score (nSPS) is 13.2. The van der Waals surface area contributed by atoms with Crippen molar-refractivity contribution in [1.82, 2.24) is 29.7 Å². The topological polar surface area (TPSA) is 389 Å². The number of carbonyl (C=O) groups is 6. The van der Waals surface area contributed by atoms with Crippen molar-refractivity contribution in [2.24, 2.45) is 0 Å². The predicted molar refractivity (Wildman–Crippen MR) is 241 cm³/mol. The zero-order valence-corrected chi connectivity index (χ0v) is 38.6. The van der Waals surface area contributed by atoms with E-state index >= 15 is 0 Å². The Morgan fingerprint density at radius 2 is 1.00 bits per heavy atom. The monoisotopic (exact) mass is 956 g/mol. The maximum Gasteiger partial charge on any atom is 2.00 e. The molecule has 4 heterocycles. The van der Waals surface area contributed by atoms with Gasteiger partial charge >= 0.3 is 49.7 Å². The Hall–Kier alpha value is -7.32. The van der Waals surface area contributed by atoms with Crippen LogP contribution in [0.5, 0.6) is 0 Å². The van der Waals surface area contributed by atoms with Crippen molar-refractivity contribution in [2.45, 2.75) is 51.1 Å². The quantitative estimate of drug-likeness (QED) is 0.0434. The summed E-state index contributed by atoms with van der Waals surface area (Å²) in [5.74, 6) is -5.61. The molecule has 2 amide bonds. The van der Waals surface area contributed by atoms with Crippen LogP contribution >= 0.6 is 0 Å². The van der Waals surface area contributed by atoms with Crippen molar-refractivity contribution in [3.05, 3.63) is 80.4 Å². The van der Waals surface area contributed by atoms with E-state index in [0.29, 0.717) is 60.6 Å². The van der Waals surface area contributed by atoms with Gasteiger partial charge in [-0.1, -0.05) is 0 Å². The Bertz CT molecular complexity index is 2410. The fourth-order valence-electron chi connectivity index (χ4n) is 6.73. The molecule has 2 aromatic heterocycles. The third kappa shape index (κ3) is 13.8. The number of hydrogen-bond acceptors (Lipinski definition) is 20. The number of aliphatic carboxylic acids is 4. The molecule has 0 unspecified atom stereocenters. The van der Waals surface area contributed by atoms with Crippen molar-refractivity contribution < 1.29 is 49.2 Å². The molecule has 0 fully saturated rings. The standard InChI is InChI=1S/2C20H25N7O6.Ca/c2*1-26-9-8-22-16-15(26)18(31)25-20(21)27(16)10-23-12-4-2-11(3-5-12)17(30)24-13(19(32)33)6-7-14(28)29;/h2*2-5,13,22-23H,6-10H2,1H3,(H,24,30)(H,28,29)(H,32,33)(H2,21,25,31);/q;;+2/p-2/t2*13-;/m00./s1. The van der Waals surface area contributed by atoms with E-state index in [0.717, 1.165) is 0 Å². The van der Waals surface area contributed by atoms with Crippen LogP contribution in [0.25, 0.3) is 0 Å². The molecule has 2 atom stereocenters. The summed E-state index contributed by atoms with van der Waals surface area (Å²) in [5, 5.41) is 56.8. The number of nitrogens with two attached hydrogens (primary N) is 2. The van der Waals surface area contributed by atoms with E-state index in [1.165, 1.54) is 24.3 Å². The van der Waals surface area contributed by atoms with Crippen LogP contribution in [0.15, 0.2) is 58.1 Å². The van der Waals surface area contributed by atoms with Crippen molar-refractivity contribution in [3.8, 4) is 0 Å². The van der Waals surface area contributed by atoms with E-state index in [1.54, 1.807) is 57.3 Å². The molecule has 0 radical (unpaired) electrons. The van der Waals surface area contributed by atoms with Crippen LogP contribution in [0, 0.1) is 0 Å². The number of fused-ring (bicyclic) bond motifs is 2. The minimum absolute atomic E-state index is 0. The number of nitrogen functional groups attached to an aromatic ring is 2. The molecule has 0 saturated carbocycles. The average Bonchev–Trinajstić information content (AvgIpc) is 3.26. The van der Waals surface area contributed by atoms with Gasteiger partial charge in [-0.05, 0) is 61.4 Å². The van der Waals surface area contributed by atoms with Gasteiger partial charge in [-0.2, -0.15) is 9.97 Å². The molecule has 2 aliphatic rings. The molecule has 0 saturated heterocycles. The molecule has 12 N–H and O–H groups in total. The van der Waals surface area contributed by atoms with Gasteiger partial charge in [-0.25, -0.2) is 0 Å². The number of benzene rings is 2. The van der Waals surface area contributed by atoms with Crippen LogP contribution in [-0.2, 0) is 32.5 Å². The molecule has 67 heavy (non-hydrogen) atoms. The second kappa shape index (κ2) is 23.7. The average molecular weight is 957 g/mol.